The molecule has 15 heavy (non-hydrogen) atoms. The topological polar surface area (TPSA) is 9.23 Å². The SMILES string of the molecule is COc1c(C(C)C)cc(F)cc1C(C)C. The van der Waals surface area contributed by atoms with Gasteiger partial charge in [0.2, 0.25) is 0 Å². The van der Waals surface area contributed by atoms with Crippen LogP contribution in [0.15, 0.2) is 12.1 Å². The first-order valence-electron chi connectivity index (χ1n) is 5.34. The van der Waals surface area contributed by atoms with Crippen molar-refractivity contribution in [3.05, 3.63) is 29.1 Å². The Morgan fingerprint density at radius 2 is 1.40 bits per heavy atom. The van der Waals surface area contributed by atoms with Gasteiger partial charge in [0.25, 0.3) is 0 Å². The second-order valence-electron chi connectivity index (χ2n) is 4.43. The standard InChI is InChI=1S/C13H19FO/c1-8(2)11-6-10(14)7-12(9(3)4)13(11)15-5/h6-9H,1-5H3. The highest BCUT2D eigenvalue weighted by Crippen LogP contribution is 2.35. The fourth-order valence-electron chi connectivity index (χ4n) is 1.73. The van der Waals surface area contributed by atoms with Gasteiger partial charge >= 0.3 is 0 Å². The molecule has 0 aliphatic rings. The lowest BCUT2D eigenvalue weighted by molar-refractivity contribution is 0.398. The summed E-state index contributed by atoms with van der Waals surface area (Å²) in [6.07, 6.45) is 0. The summed E-state index contributed by atoms with van der Waals surface area (Å²) in [5.74, 6) is 1.20. The van der Waals surface area contributed by atoms with Crippen molar-refractivity contribution < 1.29 is 9.13 Å². The molecular weight excluding hydrogens is 191 g/mol. The number of halogens is 1. The second-order valence-corrected chi connectivity index (χ2v) is 4.43. The zero-order valence-corrected chi connectivity index (χ0v) is 10.1. The summed E-state index contributed by atoms with van der Waals surface area (Å²) in [4.78, 5) is 0. The number of methoxy groups -OCH3 is 1. The summed E-state index contributed by atoms with van der Waals surface area (Å²) in [5.41, 5.74) is 1.89. The molecule has 1 aromatic carbocycles. The van der Waals surface area contributed by atoms with E-state index in [1.165, 1.54) is 0 Å². The molecule has 0 amide bonds. The maximum absolute atomic E-state index is 13.4. The molecule has 1 nitrogen and oxygen atoms in total. The molecule has 0 N–H and O–H groups in total. The molecule has 0 atom stereocenters. The third-order valence-electron chi connectivity index (χ3n) is 2.56. The van der Waals surface area contributed by atoms with Crippen LogP contribution in [0.5, 0.6) is 5.75 Å². The molecule has 0 saturated carbocycles. The predicted octanol–water partition coefficient (Wildman–Crippen LogP) is 4.08. The molecule has 84 valence electrons. The number of hydrogen-bond donors (Lipinski definition) is 0. The molecule has 0 radical (unpaired) electrons. The smallest absolute Gasteiger partial charge is 0.125 e. The Morgan fingerprint density at radius 1 is 1.00 bits per heavy atom. The number of hydrogen-bond acceptors (Lipinski definition) is 1. The Hall–Kier alpha value is -1.05. The first kappa shape index (κ1) is 12.0. The molecule has 0 aromatic heterocycles. The summed E-state index contributed by atoms with van der Waals surface area (Å²) in [6.45, 7) is 8.17. The van der Waals surface area contributed by atoms with Gasteiger partial charge in [0, 0.05) is 0 Å². The van der Waals surface area contributed by atoms with E-state index in [1.54, 1.807) is 19.2 Å². The van der Waals surface area contributed by atoms with Gasteiger partial charge in [0.1, 0.15) is 11.6 Å². The van der Waals surface area contributed by atoms with Crippen molar-refractivity contribution in [1.82, 2.24) is 0 Å². The third-order valence-corrected chi connectivity index (χ3v) is 2.56. The zero-order valence-electron chi connectivity index (χ0n) is 10.1. The molecule has 2 heteroatoms. The van der Waals surface area contributed by atoms with E-state index in [4.69, 9.17) is 4.74 Å². The normalized spacial score (nSPS) is 11.2. The highest BCUT2D eigenvalue weighted by molar-refractivity contribution is 5.45. The van der Waals surface area contributed by atoms with E-state index in [1.807, 2.05) is 27.7 Å². The Kier molecular flexibility index (Phi) is 3.72. The summed E-state index contributed by atoms with van der Waals surface area (Å²) in [5, 5.41) is 0. The van der Waals surface area contributed by atoms with E-state index >= 15 is 0 Å². The fraction of sp³-hybridized carbons (Fsp3) is 0.538. The van der Waals surface area contributed by atoms with Gasteiger partial charge in [-0.25, -0.2) is 4.39 Å². The minimum absolute atomic E-state index is 0.178. The van der Waals surface area contributed by atoms with Crippen molar-refractivity contribution in [3.8, 4) is 5.75 Å². The lowest BCUT2D eigenvalue weighted by Gasteiger charge is -2.18. The quantitative estimate of drug-likeness (QED) is 0.730. The highest BCUT2D eigenvalue weighted by atomic mass is 19.1. The van der Waals surface area contributed by atoms with Crippen LogP contribution in [-0.4, -0.2) is 7.11 Å². The van der Waals surface area contributed by atoms with Crippen molar-refractivity contribution in [3.63, 3.8) is 0 Å². The van der Waals surface area contributed by atoms with Gasteiger partial charge in [-0.05, 0) is 35.1 Å². The van der Waals surface area contributed by atoms with Gasteiger partial charge in [-0.3, -0.25) is 0 Å². The highest BCUT2D eigenvalue weighted by Gasteiger charge is 2.16. The van der Waals surface area contributed by atoms with E-state index in [0.29, 0.717) is 0 Å². The van der Waals surface area contributed by atoms with Gasteiger partial charge in [-0.2, -0.15) is 0 Å². The lowest BCUT2D eigenvalue weighted by atomic mass is 9.94. The lowest BCUT2D eigenvalue weighted by Crippen LogP contribution is -2.02. The average Bonchev–Trinajstić information content (AvgIpc) is 2.16. The number of rotatable bonds is 3. The molecule has 0 heterocycles. The van der Waals surface area contributed by atoms with Gasteiger partial charge in [0.15, 0.2) is 0 Å². The Bertz CT molecular complexity index is 313. The van der Waals surface area contributed by atoms with Crippen molar-refractivity contribution in [2.75, 3.05) is 7.11 Å². The summed E-state index contributed by atoms with van der Waals surface area (Å²) in [6, 6.07) is 3.13. The Balaban J connectivity index is 3.38. The van der Waals surface area contributed by atoms with E-state index in [0.717, 1.165) is 16.9 Å². The zero-order chi connectivity index (χ0) is 11.6. The van der Waals surface area contributed by atoms with Crippen LogP contribution >= 0.6 is 0 Å². The van der Waals surface area contributed by atoms with Crippen LogP contribution in [0.25, 0.3) is 0 Å². The maximum Gasteiger partial charge on any atom is 0.125 e. The van der Waals surface area contributed by atoms with Gasteiger partial charge in [-0.1, -0.05) is 27.7 Å². The molecule has 0 bridgehead atoms. The molecule has 0 fully saturated rings. The molecule has 0 aliphatic carbocycles. The van der Waals surface area contributed by atoms with Crippen molar-refractivity contribution >= 4 is 0 Å². The molecule has 1 rings (SSSR count). The minimum Gasteiger partial charge on any atom is -0.496 e. The van der Waals surface area contributed by atoms with Crippen molar-refractivity contribution in [2.45, 2.75) is 39.5 Å². The maximum atomic E-state index is 13.4. The monoisotopic (exact) mass is 210 g/mol. The molecular formula is C13H19FO. The van der Waals surface area contributed by atoms with Crippen LogP contribution < -0.4 is 4.74 Å². The largest absolute Gasteiger partial charge is 0.496 e. The van der Waals surface area contributed by atoms with Crippen LogP contribution in [0, 0.1) is 5.82 Å². The Labute approximate surface area is 91.3 Å². The fourth-order valence-corrected chi connectivity index (χ4v) is 1.73. The number of benzene rings is 1. The van der Waals surface area contributed by atoms with E-state index in [9.17, 15) is 4.39 Å². The average molecular weight is 210 g/mol. The van der Waals surface area contributed by atoms with Crippen molar-refractivity contribution in [2.24, 2.45) is 0 Å². The predicted molar refractivity (Wildman–Crippen MR) is 61.1 cm³/mol. The summed E-state index contributed by atoms with van der Waals surface area (Å²) < 4.78 is 18.8. The molecule has 0 spiro atoms. The summed E-state index contributed by atoms with van der Waals surface area (Å²) in [7, 11) is 1.64. The molecule has 0 aliphatic heterocycles. The summed E-state index contributed by atoms with van der Waals surface area (Å²) >= 11 is 0. The van der Waals surface area contributed by atoms with E-state index < -0.39 is 0 Å². The van der Waals surface area contributed by atoms with Gasteiger partial charge in [-0.15, -0.1) is 0 Å². The van der Waals surface area contributed by atoms with Crippen LogP contribution in [-0.2, 0) is 0 Å². The number of ether oxygens (including phenoxy) is 1. The molecule has 0 unspecified atom stereocenters. The Morgan fingerprint density at radius 3 is 1.67 bits per heavy atom. The van der Waals surface area contributed by atoms with Crippen LogP contribution in [0.3, 0.4) is 0 Å². The van der Waals surface area contributed by atoms with E-state index in [-0.39, 0.29) is 17.7 Å². The van der Waals surface area contributed by atoms with Crippen LogP contribution in [0.4, 0.5) is 4.39 Å². The van der Waals surface area contributed by atoms with Crippen LogP contribution in [0.1, 0.15) is 50.7 Å². The molecule has 1 aromatic rings. The molecule has 0 saturated heterocycles. The third kappa shape index (κ3) is 2.49. The van der Waals surface area contributed by atoms with Crippen LogP contribution in [0.2, 0.25) is 0 Å². The first-order valence-corrected chi connectivity index (χ1v) is 5.34. The minimum atomic E-state index is -0.178. The van der Waals surface area contributed by atoms with E-state index in [2.05, 4.69) is 0 Å². The van der Waals surface area contributed by atoms with Gasteiger partial charge in [0.05, 0.1) is 7.11 Å². The second kappa shape index (κ2) is 4.65. The first-order chi connectivity index (χ1) is 6.97. The van der Waals surface area contributed by atoms with Crippen molar-refractivity contribution in [1.29, 1.82) is 0 Å². The van der Waals surface area contributed by atoms with Gasteiger partial charge < -0.3 is 4.74 Å².